The monoisotopic (exact) mass is 576 g/mol. The average molecular weight is 577 g/mol. The summed E-state index contributed by atoms with van der Waals surface area (Å²) in [5.74, 6) is 0.734. The lowest BCUT2D eigenvalue weighted by molar-refractivity contribution is -0.119. The zero-order valence-corrected chi connectivity index (χ0v) is 23.8. The quantitative estimate of drug-likeness (QED) is 0.485. The summed E-state index contributed by atoms with van der Waals surface area (Å²) >= 11 is 6.67. The Bertz CT molecular complexity index is 1530. The summed E-state index contributed by atoms with van der Waals surface area (Å²) in [6, 6.07) is 11.8. The van der Waals surface area contributed by atoms with Crippen LogP contribution >= 0.6 is 11.6 Å². The third-order valence-corrected chi connectivity index (χ3v) is 9.47. The van der Waals surface area contributed by atoms with Crippen LogP contribution in [0.15, 0.2) is 36.4 Å². The first kappa shape index (κ1) is 26.3. The molecule has 3 saturated heterocycles. The Morgan fingerprint density at radius 3 is 2.71 bits per heavy atom. The predicted octanol–water partition coefficient (Wildman–Crippen LogP) is 3.83. The van der Waals surface area contributed by atoms with E-state index in [4.69, 9.17) is 26.3 Å². The molecule has 0 spiro atoms. The van der Waals surface area contributed by atoms with E-state index >= 15 is 0 Å². The van der Waals surface area contributed by atoms with Gasteiger partial charge in [0.05, 0.1) is 23.3 Å². The number of nitrogens with zero attached hydrogens (tertiary/aromatic N) is 6. The molecule has 2 bridgehead atoms. The van der Waals surface area contributed by atoms with Crippen molar-refractivity contribution in [3.63, 3.8) is 0 Å². The highest BCUT2D eigenvalue weighted by Gasteiger charge is 2.49. The molecule has 11 heteroatoms. The van der Waals surface area contributed by atoms with Gasteiger partial charge < -0.3 is 24.5 Å². The molecule has 3 aromatic rings. The number of amides is 1. The van der Waals surface area contributed by atoms with Crippen molar-refractivity contribution in [1.29, 1.82) is 0 Å². The molecule has 2 aromatic carbocycles. The number of anilines is 2. The van der Waals surface area contributed by atoms with E-state index in [2.05, 4.69) is 46.0 Å². The van der Waals surface area contributed by atoms with Gasteiger partial charge in [0.1, 0.15) is 18.5 Å². The number of halogens is 1. The molecule has 4 aliphatic rings. The first-order chi connectivity index (χ1) is 19.9. The van der Waals surface area contributed by atoms with E-state index in [1.807, 2.05) is 12.1 Å². The summed E-state index contributed by atoms with van der Waals surface area (Å²) in [7, 11) is 2.11. The van der Waals surface area contributed by atoms with Crippen molar-refractivity contribution in [3.8, 4) is 6.01 Å². The fraction of sp³-hybridized carbons (Fsp3) is 0.467. The molecule has 0 unspecified atom stereocenters. The molecule has 3 fully saturated rings. The number of carbonyl (C=O) groups is 2. The number of carboxylic acid groups (broad SMARTS) is 1. The number of likely N-dealkylation sites (N-methyl/N-ethyl adjacent to an activating group) is 1. The van der Waals surface area contributed by atoms with Crippen molar-refractivity contribution in [2.75, 3.05) is 49.6 Å². The maximum Gasteiger partial charge on any atom is 0.408 e. The van der Waals surface area contributed by atoms with Gasteiger partial charge in [-0.05, 0) is 50.4 Å². The van der Waals surface area contributed by atoms with E-state index in [0.717, 1.165) is 59.5 Å². The highest BCUT2D eigenvalue weighted by Crippen LogP contribution is 2.38. The van der Waals surface area contributed by atoms with Crippen LogP contribution in [-0.4, -0.2) is 94.7 Å². The minimum atomic E-state index is -1.04. The minimum absolute atomic E-state index is 0.0254. The fourth-order valence-corrected chi connectivity index (χ4v) is 7.32. The molecule has 3 atom stereocenters. The second-order valence-electron chi connectivity index (χ2n) is 11.6. The fourth-order valence-electron chi connectivity index (χ4n) is 7.04. The van der Waals surface area contributed by atoms with E-state index in [0.29, 0.717) is 49.7 Å². The Morgan fingerprint density at radius 2 is 1.95 bits per heavy atom. The third-order valence-electron chi connectivity index (χ3n) is 9.15. The standard InChI is InChI=1S/C30H33ClN6O4/c1-34-11-4-7-19(34)17-41-29-32-23-15-35(24-9-3-6-18-5-2-8-22(31)27(18)24)12-10-21(23)28(33-29)36-14-20-13-26(38)25(16-36)37(20)30(39)40/h2-3,5-6,8-9,19-20,25H,4,7,10-17H2,1H3,(H,39,40)/t19-,20+,25+/m0/s1. The topological polar surface area (TPSA) is 102 Å². The zero-order valence-electron chi connectivity index (χ0n) is 23.0. The largest absolute Gasteiger partial charge is 0.465 e. The molecule has 0 saturated carbocycles. The van der Waals surface area contributed by atoms with Crippen LogP contribution in [0.1, 0.15) is 30.5 Å². The van der Waals surface area contributed by atoms with Crippen molar-refractivity contribution in [1.82, 2.24) is 19.8 Å². The molecular weight excluding hydrogens is 544 g/mol. The maximum atomic E-state index is 12.7. The zero-order chi connectivity index (χ0) is 28.2. The lowest BCUT2D eigenvalue weighted by Crippen LogP contribution is -2.57. The second kappa shape index (κ2) is 10.3. The highest BCUT2D eigenvalue weighted by atomic mass is 35.5. The molecule has 5 heterocycles. The molecular formula is C30H33ClN6O4. The molecule has 1 N–H and O–H groups in total. The number of fused-ring (bicyclic) bond motifs is 4. The van der Waals surface area contributed by atoms with E-state index in [1.165, 1.54) is 4.90 Å². The number of rotatable bonds is 5. The summed E-state index contributed by atoms with van der Waals surface area (Å²) in [5, 5.41) is 12.6. The number of piperazine rings is 1. The van der Waals surface area contributed by atoms with Crippen molar-refractivity contribution in [3.05, 3.63) is 52.7 Å². The van der Waals surface area contributed by atoms with Crippen LogP contribution in [0.2, 0.25) is 5.02 Å². The van der Waals surface area contributed by atoms with Crippen molar-refractivity contribution < 1.29 is 19.4 Å². The first-order valence-corrected chi connectivity index (χ1v) is 14.7. The number of carbonyl (C=O) groups excluding carboxylic acids is 1. The van der Waals surface area contributed by atoms with Crippen LogP contribution in [0.4, 0.5) is 16.3 Å². The van der Waals surface area contributed by atoms with Gasteiger partial charge in [-0.2, -0.15) is 9.97 Å². The number of ketones is 1. The predicted molar refractivity (Wildman–Crippen MR) is 156 cm³/mol. The smallest absolute Gasteiger partial charge is 0.408 e. The van der Waals surface area contributed by atoms with Gasteiger partial charge >= 0.3 is 12.1 Å². The van der Waals surface area contributed by atoms with E-state index in [9.17, 15) is 14.7 Å². The summed E-state index contributed by atoms with van der Waals surface area (Å²) in [5.41, 5.74) is 2.99. The summed E-state index contributed by atoms with van der Waals surface area (Å²) in [6.07, 6.45) is 2.14. The van der Waals surface area contributed by atoms with Gasteiger partial charge in [-0.3, -0.25) is 9.69 Å². The third kappa shape index (κ3) is 4.63. The first-order valence-electron chi connectivity index (χ1n) is 14.3. The average Bonchev–Trinajstić information content (AvgIpc) is 3.47. The lowest BCUT2D eigenvalue weighted by Gasteiger charge is -2.40. The van der Waals surface area contributed by atoms with Gasteiger partial charge in [-0.15, -0.1) is 0 Å². The SMILES string of the molecule is CN1CCC[C@H]1COc1nc2c(c(N3C[C@H]4CC(=O)[C@@H](C3)N4C(=O)O)n1)CCN(c1cccc3cccc(Cl)c13)C2. The maximum absolute atomic E-state index is 12.7. The van der Waals surface area contributed by atoms with Gasteiger partial charge in [0.15, 0.2) is 5.78 Å². The van der Waals surface area contributed by atoms with Crippen LogP contribution in [0.3, 0.4) is 0 Å². The number of hydrogen-bond donors (Lipinski definition) is 1. The molecule has 1 amide bonds. The van der Waals surface area contributed by atoms with Crippen LogP contribution in [-0.2, 0) is 17.8 Å². The molecule has 214 valence electrons. The molecule has 41 heavy (non-hydrogen) atoms. The molecule has 10 nitrogen and oxygen atoms in total. The number of hydrogen-bond acceptors (Lipinski definition) is 8. The van der Waals surface area contributed by atoms with Crippen molar-refractivity contribution in [2.24, 2.45) is 0 Å². The minimum Gasteiger partial charge on any atom is -0.465 e. The number of benzene rings is 2. The Balaban J connectivity index is 1.24. The van der Waals surface area contributed by atoms with E-state index in [-0.39, 0.29) is 18.2 Å². The van der Waals surface area contributed by atoms with Gasteiger partial charge in [0.2, 0.25) is 0 Å². The van der Waals surface area contributed by atoms with Crippen LogP contribution in [0.5, 0.6) is 6.01 Å². The van der Waals surface area contributed by atoms with Crippen LogP contribution < -0.4 is 14.5 Å². The summed E-state index contributed by atoms with van der Waals surface area (Å²) in [4.78, 5) is 42.5. The Labute approximate surface area is 243 Å². The van der Waals surface area contributed by atoms with E-state index < -0.39 is 12.1 Å². The molecule has 7 rings (SSSR count). The molecule has 1 aromatic heterocycles. The summed E-state index contributed by atoms with van der Waals surface area (Å²) < 4.78 is 6.24. The second-order valence-corrected chi connectivity index (χ2v) is 12.0. The normalized spacial score (nSPS) is 24.3. The van der Waals surface area contributed by atoms with Gasteiger partial charge in [0.25, 0.3) is 0 Å². The number of likely N-dealkylation sites (tertiary alicyclic amines) is 1. The van der Waals surface area contributed by atoms with Gasteiger partial charge in [0, 0.05) is 48.7 Å². The molecule has 4 aliphatic heterocycles. The summed E-state index contributed by atoms with van der Waals surface area (Å²) in [6.45, 7) is 3.59. The number of Topliss-reactive ketones (excluding diaryl/α,β-unsaturated/α-hetero) is 1. The van der Waals surface area contributed by atoms with Crippen molar-refractivity contribution in [2.45, 2.75) is 50.4 Å². The van der Waals surface area contributed by atoms with Crippen molar-refractivity contribution >= 4 is 45.8 Å². The van der Waals surface area contributed by atoms with Gasteiger partial charge in [-0.25, -0.2) is 4.79 Å². The number of aromatic nitrogens is 2. The Morgan fingerprint density at radius 1 is 1.12 bits per heavy atom. The Kier molecular flexibility index (Phi) is 6.62. The highest BCUT2D eigenvalue weighted by molar-refractivity contribution is 6.36. The number of ether oxygens (including phenoxy) is 1. The van der Waals surface area contributed by atoms with Crippen LogP contribution in [0, 0.1) is 0 Å². The lowest BCUT2D eigenvalue weighted by atomic mass is 10.0. The molecule has 0 aliphatic carbocycles. The van der Waals surface area contributed by atoms with Crippen LogP contribution in [0.25, 0.3) is 10.8 Å². The van der Waals surface area contributed by atoms with Gasteiger partial charge in [-0.1, -0.05) is 35.9 Å². The van der Waals surface area contributed by atoms with E-state index in [1.54, 1.807) is 0 Å². The Hall–Kier alpha value is -3.63. The molecule has 0 radical (unpaired) electrons.